The summed E-state index contributed by atoms with van der Waals surface area (Å²) in [5.41, 5.74) is 0.576. The molecule has 3 aliphatic heterocycles. The molecule has 3 fully saturated rings. The second-order valence-corrected chi connectivity index (χ2v) is 7.28. The summed E-state index contributed by atoms with van der Waals surface area (Å²) in [5.74, 6) is -0.865. The molecule has 3 heterocycles. The maximum absolute atomic E-state index is 14.3. The third kappa shape index (κ3) is 3.91. The van der Waals surface area contributed by atoms with Crippen LogP contribution in [0.25, 0.3) is 0 Å². The van der Waals surface area contributed by atoms with Gasteiger partial charge in [0.2, 0.25) is 0 Å². The average molecular weight is 376 g/mol. The van der Waals surface area contributed by atoms with Gasteiger partial charge < -0.3 is 15.0 Å². The van der Waals surface area contributed by atoms with Crippen LogP contribution in [-0.4, -0.2) is 80.3 Å². The van der Waals surface area contributed by atoms with Gasteiger partial charge in [-0.25, -0.2) is 9.18 Å². The summed E-state index contributed by atoms with van der Waals surface area (Å²) in [7, 11) is 0. The predicted molar refractivity (Wildman–Crippen MR) is 98.5 cm³/mol. The fourth-order valence-corrected chi connectivity index (χ4v) is 3.94. The van der Waals surface area contributed by atoms with Crippen molar-refractivity contribution in [2.75, 3.05) is 57.3 Å². The second-order valence-electron chi connectivity index (χ2n) is 7.28. The number of hydrogen-bond donors (Lipinski definition) is 1. The Balaban J connectivity index is 1.40. The van der Waals surface area contributed by atoms with Crippen LogP contribution >= 0.6 is 0 Å². The summed E-state index contributed by atoms with van der Waals surface area (Å²) in [4.78, 5) is 30.2. The summed E-state index contributed by atoms with van der Waals surface area (Å²) in [6, 6.07) is 4.07. The number of halogens is 1. The Hall–Kier alpha value is -2.19. The third-order valence-electron chi connectivity index (χ3n) is 5.49. The first-order valence-electron chi connectivity index (χ1n) is 9.60. The molecule has 1 unspecified atom stereocenters. The molecule has 7 nitrogen and oxygen atoms in total. The molecular formula is C19H25FN4O3. The van der Waals surface area contributed by atoms with Gasteiger partial charge in [-0.3, -0.25) is 14.6 Å². The Morgan fingerprint density at radius 1 is 1.22 bits per heavy atom. The SMILES string of the molecule is O=C(c1cc(N2CCNC2=O)ccc1F)N1CCN(CC2CCCO2)CC1. The lowest BCUT2D eigenvalue weighted by Crippen LogP contribution is -2.50. The maximum atomic E-state index is 14.3. The molecule has 3 amide bonds. The lowest BCUT2D eigenvalue weighted by molar-refractivity contribution is 0.0430. The van der Waals surface area contributed by atoms with Crippen molar-refractivity contribution in [1.29, 1.82) is 0 Å². The second kappa shape index (κ2) is 7.82. The van der Waals surface area contributed by atoms with Crippen molar-refractivity contribution >= 4 is 17.6 Å². The number of piperazine rings is 1. The van der Waals surface area contributed by atoms with E-state index >= 15 is 0 Å². The van der Waals surface area contributed by atoms with E-state index in [-0.39, 0.29) is 17.5 Å². The quantitative estimate of drug-likeness (QED) is 0.860. The smallest absolute Gasteiger partial charge is 0.321 e. The van der Waals surface area contributed by atoms with Gasteiger partial charge in [0, 0.05) is 58.1 Å². The van der Waals surface area contributed by atoms with Crippen molar-refractivity contribution < 1.29 is 18.7 Å². The van der Waals surface area contributed by atoms with E-state index in [4.69, 9.17) is 4.74 Å². The number of carbonyl (C=O) groups excluding carboxylic acids is 2. The number of hydrogen-bond acceptors (Lipinski definition) is 4. The van der Waals surface area contributed by atoms with E-state index in [2.05, 4.69) is 10.2 Å². The van der Waals surface area contributed by atoms with Crippen molar-refractivity contribution in [2.45, 2.75) is 18.9 Å². The average Bonchev–Trinajstić information content (AvgIpc) is 3.34. The third-order valence-corrected chi connectivity index (χ3v) is 5.49. The van der Waals surface area contributed by atoms with Crippen molar-refractivity contribution in [3.05, 3.63) is 29.6 Å². The van der Waals surface area contributed by atoms with Gasteiger partial charge in [-0.2, -0.15) is 0 Å². The number of nitrogens with zero attached hydrogens (tertiary/aromatic N) is 3. The molecule has 0 aromatic heterocycles. The molecule has 1 aromatic carbocycles. The van der Waals surface area contributed by atoms with Crippen LogP contribution in [0.2, 0.25) is 0 Å². The zero-order valence-electron chi connectivity index (χ0n) is 15.3. The number of ether oxygens (including phenoxy) is 1. The maximum Gasteiger partial charge on any atom is 0.321 e. The molecule has 0 spiro atoms. The summed E-state index contributed by atoms with van der Waals surface area (Å²) >= 11 is 0. The Kier molecular flexibility index (Phi) is 5.27. The monoisotopic (exact) mass is 376 g/mol. The summed E-state index contributed by atoms with van der Waals surface area (Å²) < 4.78 is 20.0. The first kappa shape index (κ1) is 18.2. The molecule has 4 rings (SSSR count). The van der Waals surface area contributed by atoms with E-state index in [1.807, 2.05) is 0 Å². The molecule has 1 atom stereocenters. The van der Waals surface area contributed by atoms with E-state index in [0.717, 1.165) is 39.1 Å². The molecule has 8 heteroatoms. The first-order valence-corrected chi connectivity index (χ1v) is 9.60. The van der Waals surface area contributed by atoms with Gasteiger partial charge in [0.15, 0.2) is 0 Å². The van der Waals surface area contributed by atoms with E-state index < -0.39 is 5.82 Å². The molecule has 146 valence electrons. The molecular weight excluding hydrogens is 351 g/mol. The molecule has 3 saturated heterocycles. The summed E-state index contributed by atoms with van der Waals surface area (Å²) in [5, 5.41) is 2.71. The molecule has 0 aliphatic carbocycles. The number of nitrogens with one attached hydrogen (secondary N) is 1. The molecule has 27 heavy (non-hydrogen) atoms. The van der Waals surface area contributed by atoms with Crippen LogP contribution in [-0.2, 0) is 4.74 Å². The highest BCUT2D eigenvalue weighted by atomic mass is 19.1. The van der Waals surface area contributed by atoms with E-state index in [0.29, 0.717) is 38.0 Å². The Bertz CT molecular complexity index is 715. The minimum atomic E-state index is -0.551. The Morgan fingerprint density at radius 2 is 2.04 bits per heavy atom. The van der Waals surface area contributed by atoms with Gasteiger partial charge in [0.1, 0.15) is 5.82 Å². The van der Waals surface area contributed by atoms with Gasteiger partial charge >= 0.3 is 6.03 Å². The van der Waals surface area contributed by atoms with Crippen molar-refractivity contribution in [1.82, 2.24) is 15.1 Å². The predicted octanol–water partition coefficient (Wildman–Crippen LogP) is 1.29. The van der Waals surface area contributed by atoms with Crippen molar-refractivity contribution in [3.8, 4) is 0 Å². The van der Waals surface area contributed by atoms with Crippen LogP contribution in [0.3, 0.4) is 0 Å². The number of rotatable bonds is 4. The molecule has 0 bridgehead atoms. The van der Waals surface area contributed by atoms with Gasteiger partial charge in [0.05, 0.1) is 11.7 Å². The normalized spacial score (nSPS) is 23.7. The summed E-state index contributed by atoms with van der Waals surface area (Å²) in [6.45, 7) is 5.47. The van der Waals surface area contributed by atoms with E-state index in [1.54, 1.807) is 4.90 Å². The highest BCUT2D eigenvalue weighted by molar-refractivity contribution is 5.98. The fourth-order valence-electron chi connectivity index (χ4n) is 3.94. The van der Waals surface area contributed by atoms with E-state index in [9.17, 15) is 14.0 Å². The van der Waals surface area contributed by atoms with Gasteiger partial charge in [0.25, 0.3) is 5.91 Å². The van der Waals surface area contributed by atoms with Crippen molar-refractivity contribution in [2.24, 2.45) is 0 Å². The molecule has 3 aliphatic rings. The van der Waals surface area contributed by atoms with Gasteiger partial charge in [-0.15, -0.1) is 0 Å². The van der Waals surface area contributed by atoms with Crippen molar-refractivity contribution in [3.63, 3.8) is 0 Å². The minimum absolute atomic E-state index is 0.0276. The van der Waals surface area contributed by atoms with Crippen LogP contribution in [0.5, 0.6) is 0 Å². The number of anilines is 1. The number of amides is 3. The number of carbonyl (C=O) groups is 2. The van der Waals surface area contributed by atoms with Crippen LogP contribution in [0, 0.1) is 5.82 Å². The van der Waals surface area contributed by atoms with Crippen LogP contribution in [0.15, 0.2) is 18.2 Å². The topological polar surface area (TPSA) is 65.1 Å². The fraction of sp³-hybridized carbons (Fsp3) is 0.579. The van der Waals surface area contributed by atoms with Crippen LogP contribution in [0.1, 0.15) is 23.2 Å². The standard InChI is InChI=1S/C19H25FN4O3/c20-17-4-3-14(24-6-5-21-19(24)26)12-16(17)18(25)23-9-7-22(8-10-23)13-15-2-1-11-27-15/h3-4,12,15H,1-2,5-11,13H2,(H,21,26). The molecule has 1 aromatic rings. The molecule has 0 saturated carbocycles. The molecule has 0 radical (unpaired) electrons. The number of urea groups is 1. The van der Waals surface area contributed by atoms with Crippen LogP contribution < -0.4 is 10.2 Å². The van der Waals surface area contributed by atoms with Crippen LogP contribution in [0.4, 0.5) is 14.9 Å². The lowest BCUT2D eigenvalue weighted by atomic mass is 10.1. The zero-order valence-corrected chi connectivity index (χ0v) is 15.3. The Labute approximate surface area is 158 Å². The zero-order chi connectivity index (χ0) is 18.8. The van der Waals surface area contributed by atoms with E-state index in [1.165, 1.54) is 23.1 Å². The Morgan fingerprint density at radius 3 is 2.70 bits per heavy atom. The highest BCUT2D eigenvalue weighted by Crippen LogP contribution is 2.22. The molecule has 1 N–H and O–H groups in total. The highest BCUT2D eigenvalue weighted by Gasteiger charge is 2.28. The minimum Gasteiger partial charge on any atom is -0.377 e. The summed E-state index contributed by atoms with van der Waals surface area (Å²) in [6.07, 6.45) is 2.52. The number of benzene rings is 1. The lowest BCUT2D eigenvalue weighted by Gasteiger charge is -2.35. The largest absolute Gasteiger partial charge is 0.377 e. The first-order chi connectivity index (χ1) is 13.1. The van der Waals surface area contributed by atoms with Gasteiger partial charge in [-0.05, 0) is 31.0 Å². The van der Waals surface area contributed by atoms with Gasteiger partial charge in [-0.1, -0.05) is 0 Å².